The molecule has 1 amide bonds. The standard InChI is InChI=1S/C30H22N2O4/c33-28(21-13-5-2-6-14-21)26-27(32-36-30(26)23-16-8-9-17-24(23)31-29(30)34)22-15-7-10-18-25(22)35-19-20-11-3-1-4-12-20/h1-18,26H,19H2,(H,31,34). The van der Waals surface area contributed by atoms with Gasteiger partial charge in [-0.1, -0.05) is 96.2 Å². The molecular weight excluding hydrogens is 452 g/mol. The Labute approximate surface area is 208 Å². The zero-order valence-corrected chi connectivity index (χ0v) is 19.3. The molecule has 4 aromatic rings. The molecule has 1 spiro atoms. The highest BCUT2D eigenvalue weighted by atomic mass is 16.7. The first-order valence-electron chi connectivity index (χ1n) is 11.7. The maximum atomic E-state index is 14.1. The van der Waals surface area contributed by atoms with Gasteiger partial charge in [-0.05, 0) is 23.8 Å². The number of carbonyl (C=O) groups is 2. The zero-order valence-electron chi connectivity index (χ0n) is 19.3. The van der Waals surface area contributed by atoms with Crippen LogP contribution in [0.4, 0.5) is 5.69 Å². The van der Waals surface area contributed by atoms with Crippen molar-refractivity contribution < 1.29 is 19.2 Å². The molecular formula is C30H22N2O4. The van der Waals surface area contributed by atoms with Crippen LogP contribution in [0.25, 0.3) is 0 Å². The third-order valence-corrected chi connectivity index (χ3v) is 6.60. The molecule has 2 atom stereocenters. The summed E-state index contributed by atoms with van der Waals surface area (Å²) in [6, 6.07) is 33.4. The average molecular weight is 475 g/mol. The number of Topliss-reactive ketones (excluding diaryl/α,β-unsaturated/α-hetero) is 1. The van der Waals surface area contributed by atoms with Crippen LogP contribution in [0.15, 0.2) is 114 Å². The first-order valence-corrected chi connectivity index (χ1v) is 11.7. The van der Waals surface area contributed by atoms with Crippen molar-refractivity contribution in [2.45, 2.75) is 12.2 Å². The van der Waals surface area contributed by atoms with Crippen LogP contribution in [0.5, 0.6) is 5.75 Å². The zero-order chi connectivity index (χ0) is 24.5. The molecule has 0 aliphatic carbocycles. The SMILES string of the molecule is O=C(c1ccccc1)C1C(c2ccccc2OCc2ccccc2)=NOC12C(=O)Nc1ccccc12. The minimum atomic E-state index is -1.61. The van der Waals surface area contributed by atoms with E-state index in [9.17, 15) is 9.59 Å². The van der Waals surface area contributed by atoms with E-state index >= 15 is 0 Å². The molecule has 2 aliphatic heterocycles. The number of anilines is 1. The van der Waals surface area contributed by atoms with Crippen molar-refractivity contribution in [3.63, 3.8) is 0 Å². The highest BCUT2D eigenvalue weighted by molar-refractivity contribution is 6.25. The summed E-state index contributed by atoms with van der Waals surface area (Å²) in [6.45, 7) is 0.345. The smallest absolute Gasteiger partial charge is 0.277 e. The van der Waals surface area contributed by atoms with Crippen LogP contribution >= 0.6 is 0 Å². The molecule has 176 valence electrons. The second-order valence-corrected chi connectivity index (χ2v) is 8.74. The highest BCUT2D eigenvalue weighted by Crippen LogP contribution is 2.50. The van der Waals surface area contributed by atoms with Gasteiger partial charge in [-0.3, -0.25) is 9.59 Å². The van der Waals surface area contributed by atoms with Crippen LogP contribution in [0.3, 0.4) is 0 Å². The van der Waals surface area contributed by atoms with Gasteiger partial charge >= 0.3 is 0 Å². The topological polar surface area (TPSA) is 77.0 Å². The van der Waals surface area contributed by atoms with Crippen LogP contribution in [-0.2, 0) is 21.8 Å². The molecule has 0 bridgehead atoms. The van der Waals surface area contributed by atoms with Gasteiger partial charge in [0.05, 0.1) is 0 Å². The van der Waals surface area contributed by atoms with Crippen LogP contribution < -0.4 is 10.1 Å². The number of nitrogens with zero attached hydrogens (tertiary/aromatic N) is 1. The predicted molar refractivity (Wildman–Crippen MR) is 136 cm³/mol. The monoisotopic (exact) mass is 474 g/mol. The molecule has 2 heterocycles. The highest BCUT2D eigenvalue weighted by Gasteiger charge is 2.63. The maximum absolute atomic E-state index is 14.1. The van der Waals surface area contributed by atoms with E-state index in [-0.39, 0.29) is 5.78 Å². The fraction of sp³-hybridized carbons (Fsp3) is 0.100. The van der Waals surface area contributed by atoms with Gasteiger partial charge in [0.25, 0.3) is 11.5 Å². The fourth-order valence-corrected chi connectivity index (χ4v) is 4.87. The summed E-state index contributed by atoms with van der Waals surface area (Å²) in [5.41, 5.74) is 2.04. The van der Waals surface area contributed by atoms with Gasteiger partial charge in [-0.2, -0.15) is 0 Å². The molecule has 2 aliphatic rings. The lowest BCUT2D eigenvalue weighted by Crippen LogP contribution is -2.46. The molecule has 6 heteroatoms. The summed E-state index contributed by atoms with van der Waals surface area (Å²) in [7, 11) is 0. The minimum absolute atomic E-state index is 0.253. The van der Waals surface area contributed by atoms with Crippen molar-refractivity contribution in [1.29, 1.82) is 0 Å². The summed E-state index contributed by atoms with van der Waals surface area (Å²) in [5, 5.41) is 7.27. The van der Waals surface area contributed by atoms with Crippen molar-refractivity contribution in [3.8, 4) is 5.75 Å². The van der Waals surface area contributed by atoms with E-state index < -0.39 is 17.4 Å². The fourth-order valence-electron chi connectivity index (χ4n) is 4.87. The molecule has 36 heavy (non-hydrogen) atoms. The van der Waals surface area contributed by atoms with Gasteiger partial charge in [0.1, 0.15) is 24.0 Å². The van der Waals surface area contributed by atoms with E-state index in [1.54, 1.807) is 36.4 Å². The Morgan fingerprint density at radius 2 is 1.53 bits per heavy atom. The van der Waals surface area contributed by atoms with E-state index in [0.29, 0.717) is 40.4 Å². The number of nitrogens with one attached hydrogen (secondary N) is 1. The van der Waals surface area contributed by atoms with E-state index in [1.165, 1.54) is 0 Å². The van der Waals surface area contributed by atoms with Gasteiger partial charge < -0.3 is 14.9 Å². The van der Waals surface area contributed by atoms with Gasteiger partial charge in [-0.25, -0.2) is 0 Å². The second kappa shape index (κ2) is 8.82. The summed E-state index contributed by atoms with van der Waals surface area (Å²) in [6.07, 6.45) is 0. The predicted octanol–water partition coefficient (Wildman–Crippen LogP) is 5.35. The van der Waals surface area contributed by atoms with Gasteiger partial charge in [0, 0.05) is 22.4 Å². The molecule has 6 nitrogen and oxygen atoms in total. The summed E-state index contributed by atoms with van der Waals surface area (Å²) >= 11 is 0. The summed E-state index contributed by atoms with van der Waals surface area (Å²) < 4.78 is 6.17. The molecule has 1 N–H and O–H groups in total. The van der Waals surface area contributed by atoms with Gasteiger partial charge in [0.2, 0.25) is 0 Å². The van der Waals surface area contributed by atoms with E-state index in [0.717, 1.165) is 5.56 Å². The van der Waals surface area contributed by atoms with Crippen molar-refractivity contribution in [1.82, 2.24) is 0 Å². The van der Waals surface area contributed by atoms with Crippen molar-refractivity contribution in [2.24, 2.45) is 11.1 Å². The minimum Gasteiger partial charge on any atom is -0.488 e. The molecule has 0 saturated carbocycles. The Bertz CT molecular complexity index is 1480. The lowest BCUT2D eigenvalue weighted by molar-refractivity contribution is -0.140. The maximum Gasteiger partial charge on any atom is 0.277 e. The van der Waals surface area contributed by atoms with E-state index in [1.807, 2.05) is 72.8 Å². The summed E-state index contributed by atoms with van der Waals surface area (Å²) in [5.74, 6) is -1.13. The lowest BCUT2D eigenvalue weighted by Gasteiger charge is -2.27. The molecule has 0 aromatic heterocycles. The number of benzene rings is 4. The van der Waals surface area contributed by atoms with Crippen LogP contribution in [0.1, 0.15) is 27.0 Å². The van der Waals surface area contributed by atoms with Gasteiger partial charge in [0.15, 0.2) is 5.78 Å². The first-order chi connectivity index (χ1) is 17.7. The number of hydrogen-bond acceptors (Lipinski definition) is 5. The Hall–Kier alpha value is -4.71. The molecule has 4 aromatic carbocycles. The number of amides is 1. The van der Waals surface area contributed by atoms with Crippen molar-refractivity contribution in [2.75, 3.05) is 5.32 Å². The third kappa shape index (κ3) is 3.46. The lowest BCUT2D eigenvalue weighted by atomic mass is 9.74. The van der Waals surface area contributed by atoms with E-state index in [4.69, 9.17) is 9.57 Å². The quantitative estimate of drug-likeness (QED) is 0.383. The average Bonchev–Trinajstić information content (AvgIpc) is 3.47. The van der Waals surface area contributed by atoms with Crippen molar-refractivity contribution >= 4 is 23.1 Å². The van der Waals surface area contributed by atoms with Crippen LogP contribution in [0, 0.1) is 5.92 Å². The Morgan fingerprint density at radius 3 is 2.33 bits per heavy atom. The Morgan fingerprint density at radius 1 is 0.861 bits per heavy atom. The largest absolute Gasteiger partial charge is 0.488 e. The van der Waals surface area contributed by atoms with Gasteiger partial charge in [-0.15, -0.1) is 0 Å². The third-order valence-electron chi connectivity index (χ3n) is 6.60. The Balaban J connectivity index is 1.45. The normalized spacial score (nSPS) is 19.8. The molecule has 2 unspecified atom stereocenters. The van der Waals surface area contributed by atoms with Crippen LogP contribution in [-0.4, -0.2) is 17.4 Å². The molecule has 0 saturated heterocycles. The second-order valence-electron chi connectivity index (χ2n) is 8.74. The number of para-hydroxylation sites is 2. The van der Waals surface area contributed by atoms with Crippen LogP contribution in [0.2, 0.25) is 0 Å². The molecule has 0 fully saturated rings. The first kappa shape index (κ1) is 21.8. The summed E-state index contributed by atoms with van der Waals surface area (Å²) in [4.78, 5) is 33.5. The Kier molecular flexibility index (Phi) is 5.34. The molecule has 0 radical (unpaired) electrons. The number of ether oxygens (including phenoxy) is 1. The number of rotatable bonds is 6. The number of fused-ring (bicyclic) bond motifs is 2. The number of oxime groups is 1. The van der Waals surface area contributed by atoms with E-state index in [2.05, 4.69) is 10.5 Å². The molecule has 6 rings (SSSR count). The van der Waals surface area contributed by atoms with Crippen molar-refractivity contribution in [3.05, 3.63) is 131 Å². The number of ketones is 1. The number of carbonyl (C=O) groups excluding carboxylic acids is 2. The number of hydrogen-bond donors (Lipinski definition) is 1.